The van der Waals surface area contributed by atoms with E-state index < -0.39 is 10.0 Å². The Kier molecular flexibility index (Phi) is 7.80. The highest BCUT2D eigenvalue weighted by atomic mass is 35.5. The summed E-state index contributed by atoms with van der Waals surface area (Å²) in [6, 6.07) is 12.1. The molecule has 0 saturated heterocycles. The molecule has 0 saturated carbocycles. The summed E-state index contributed by atoms with van der Waals surface area (Å²) in [6.45, 7) is 1.35. The molecular formula is C15H17Cl3N2O2S. The van der Waals surface area contributed by atoms with Crippen LogP contribution in [0.1, 0.15) is 11.1 Å². The van der Waals surface area contributed by atoms with Gasteiger partial charge in [0.05, 0.1) is 14.9 Å². The zero-order valence-corrected chi connectivity index (χ0v) is 15.3. The number of hydrogen-bond acceptors (Lipinski definition) is 3. The minimum absolute atomic E-state index is 0. The Morgan fingerprint density at radius 1 is 1.04 bits per heavy atom. The van der Waals surface area contributed by atoms with Crippen molar-refractivity contribution in [3.05, 3.63) is 63.6 Å². The second-order valence-corrected chi connectivity index (χ2v) is 7.18. The number of nitrogens with one attached hydrogen (secondary N) is 1. The minimum atomic E-state index is -3.63. The molecule has 2 rings (SSSR count). The number of benzene rings is 2. The molecule has 0 amide bonds. The number of nitrogens with two attached hydrogens (primary N) is 1. The van der Waals surface area contributed by atoms with Crippen molar-refractivity contribution < 1.29 is 8.42 Å². The van der Waals surface area contributed by atoms with Gasteiger partial charge in [-0.2, -0.15) is 0 Å². The second kappa shape index (κ2) is 8.87. The van der Waals surface area contributed by atoms with Gasteiger partial charge in [-0.15, -0.1) is 12.4 Å². The molecule has 0 spiro atoms. The van der Waals surface area contributed by atoms with Gasteiger partial charge in [-0.3, -0.25) is 0 Å². The van der Waals surface area contributed by atoms with Crippen molar-refractivity contribution in [2.45, 2.75) is 17.9 Å². The molecule has 0 bridgehead atoms. The summed E-state index contributed by atoms with van der Waals surface area (Å²) in [5.74, 6) is 0. The van der Waals surface area contributed by atoms with Crippen LogP contribution < -0.4 is 10.5 Å². The predicted octanol–water partition coefficient (Wildman–Crippen LogP) is 3.39. The van der Waals surface area contributed by atoms with E-state index in [4.69, 9.17) is 28.3 Å². The van der Waals surface area contributed by atoms with E-state index in [0.29, 0.717) is 16.6 Å². The van der Waals surface area contributed by atoms with Crippen LogP contribution in [-0.2, 0) is 23.0 Å². The first kappa shape index (κ1) is 20.2. The molecule has 0 aliphatic rings. The topological polar surface area (TPSA) is 72.2 Å². The molecule has 23 heavy (non-hydrogen) atoms. The molecule has 8 heteroatoms. The maximum absolute atomic E-state index is 11.2. The summed E-state index contributed by atoms with van der Waals surface area (Å²) in [5.41, 5.74) is 1.97. The molecule has 0 atom stereocenters. The quantitative estimate of drug-likeness (QED) is 0.736. The van der Waals surface area contributed by atoms with Gasteiger partial charge in [0, 0.05) is 6.54 Å². The highest BCUT2D eigenvalue weighted by molar-refractivity contribution is 7.89. The van der Waals surface area contributed by atoms with Crippen molar-refractivity contribution in [1.29, 1.82) is 0 Å². The van der Waals surface area contributed by atoms with Gasteiger partial charge in [0.1, 0.15) is 0 Å². The number of rotatable bonds is 6. The summed E-state index contributed by atoms with van der Waals surface area (Å²) in [5, 5.41) is 9.44. The lowest BCUT2D eigenvalue weighted by atomic mass is 10.1. The molecule has 2 aromatic rings. The van der Waals surface area contributed by atoms with Crippen LogP contribution in [-0.4, -0.2) is 15.0 Å². The molecule has 4 nitrogen and oxygen atoms in total. The highest BCUT2D eigenvalue weighted by Gasteiger charge is 2.07. The Morgan fingerprint density at radius 3 is 2.30 bits per heavy atom. The van der Waals surface area contributed by atoms with E-state index >= 15 is 0 Å². The monoisotopic (exact) mass is 394 g/mol. The average molecular weight is 396 g/mol. The van der Waals surface area contributed by atoms with Crippen molar-refractivity contribution in [2.75, 3.05) is 6.54 Å². The van der Waals surface area contributed by atoms with Gasteiger partial charge >= 0.3 is 0 Å². The largest absolute Gasteiger partial charge is 0.312 e. The van der Waals surface area contributed by atoms with Gasteiger partial charge in [-0.25, -0.2) is 13.6 Å². The molecule has 126 valence electrons. The molecule has 0 aliphatic carbocycles. The van der Waals surface area contributed by atoms with E-state index in [1.54, 1.807) is 18.2 Å². The Morgan fingerprint density at radius 2 is 1.70 bits per heavy atom. The van der Waals surface area contributed by atoms with Crippen molar-refractivity contribution in [1.82, 2.24) is 5.32 Å². The van der Waals surface area contributed by atoms with Gasteiger partial charge in [0.25, 0.3) is 0 Å². The standard InChI is InChI=1S/C15H16Cl2N2O2S.ClH/c16-14-3-1-2-12(15(14)17)10-19-9-8-11-4-6-13(7-5-11)22(18,20)21;/h1-7,19H,8-10H2,(H2,18,20,21);1H. The molecule has 3 N–H and O–H groups in total. The van der Waals surface area contributed by atoms with Crippen molar-refractivity contribution in [3.8, 4) is 0 Å². The Bertz CT molecular complexity index is 750. The fourth-order valence-electron chi connectivity index (χ4n) is 1.99. The van der Waals surface area contributed by atoms with Crippen LogP contribution in [0, 0.1) is 0 Å². The third kappa shape index (κ3) is 5.95. The van der Waals surface area contributed by atoms with E-state index in [1.165, 1.54) is 12.1 Å². The number of hydrogen-bond donors (Lipinski definition) is 2. The van der Waals surface area contributed by atoms with Gasteiger partial charge in [-0.05, 0) is 42.3 Å². The summed E-state index contributed by atoms with van der Waals surface area (Å²) in [7, 11) is -3.63. The summed E-state index contributed by atoms with van der Waals surface area (Å²) in [4.78, 5) is 0.120. The molecule has 0 radical (unpaired) electrons. The van der Waals surface area contributed by atoms with Crippen LogP contribution in [0.4, 0.5) is 0 Å². The fraction of sp³-hybridized carbons (Fsp3) is 0.200. The molecule has 0 unspecified atom stereocenters. The summed E-state index contributed by atoms with van der Waals surface area (Å²) >= 11 is 12.1. The number of sulfonamides is 1. The van der Waals surface area contributed by atoms with E-state index in [-0.39, 0.29) is 17.3 Å². The molecule has 0 aromatic heterocycles. The van der Waals surface area contributed by atoms with Gasteiger partial charge in [-0.1, -0.05) is 47.5 Å². The third-order valence-corrected chi connectivity index (χ3v) is 4.98. The lowest BCUT2D eigenvalue weighted by molar-refractivity contribution is 0.597. The first-order valence-corrected chi connectivity index (χ1v) is 8.93. The van der Waals surface area contributed by atoms with Gasteiger partial charge < -0.3 is 5.32 Å². The van der Waals surface area contributed by atoms with Gasteiger partial charge in [0.15, 0.2) is 0 Å². The Labute approximate surface area is 152 Å². The van der Waals surface area contributed by atoms with Gasteiger partial charge in [0.2, 0.25) is 10.0 Å². The smallest absolute Gasteiger partial charge is 0.238 e. The lowest BCUT2D eigenvalue weighted by Gasteiger charge is -2.08. The lowest BCUT2D eigenvalue weighted by Crippen LogP contribution is -2.17. The van der Waals surface area contributed by atoms with Crippen LogP contribution >= 0.6 is 35.6 Å². The normalized spacial score (nSPS) is 11.1. The summed E-state index contributed by atoms with van der Waals surface area (Å²) < 4.78 is 22.3. The highest BCUT2D eigenvalue weighted by Crippen LogP contribution is 2.25. The van der Waals surface area contributed by atoms with Crippen molar-refractivity contribution >= 4 is 45.6 Å². The molecule has 2 aromatic carbocycles. The Balaban J connectivity index is 0.00000264. The first-order valence-electron chi connectivity index (χ1n) is 6.63. The second-order valence-electron chi connectivity index (χ2n) is 4.83. The molecule has 0 heterocycles. The Hall–Kier alpha value is -0.820. The zero-order valence-electron chi connectivity index (χ0n) is 12.1. The number of primary sulfonamides is 1. The summed E-state index contributed by atoms with van der Waals surface area (Å²) in [6.07, 6.45) is 0.767. The zero-order chi connectivity index (χ0) is 16.2. The van der Waals surface area contributed by atoms with E-state index in [2.05, 4.69) is 5.32 Å². The molecule has 0 aliphatic heterocycles. The van der Waals surface area contributed by atoms with Crippen molar-refractivity contribution in [2.24, 2.45) is 5.14 Å². The minimum Gasteiger partial charge on any atom is -0.312 e. The predicted molar refractivity (Wildman–Crippen MR) is 96.9 cm³/mol. The number of halogens is 3. The fourth-order valence-corrected chi connectivity index (χ4v) is 2.89. The maximum Gasteiger partial charge on any atom is 0.238 e. The average Bonchev–Trinajstić information content (AvgIpc) is 2.47. The SMILES string of the molecule is Cl.NS(=O)(=O)c1ccc(CCNCc2cccc(Cl)c2Cl)cc1. The molecular weight excluding hydrogens is 379 g/mol. The van der Waals surface area contributed by atoms with E-state index in [0.717, 1.165) is 24.1 Å². The maximum atomic E-state index is 11.2. The first-order chi connectivity index (χ1) is 10.4. The van der Waals surface area contributed by atoms with Crippen molar-refractivity contribution in [3.63, 3.8) is 0 Å². The third-order valence-electron chi connectivity index (χ3n) is 3.19. The van der Waals surface area contributed by atoms with Crippen LogP contribution in [0.3, 0.4) is 0 Å². The van der Waals surface area contributed by atoms with Crippen LogP contribution in [0.2, 0.25) is 10.0 Å². The van der Waals surface area contributed by atoms with E-state index in [9.17, 15) is 8.42 Å². The van der Waals surface area contributed by atoms with Crippen LogP contribution in [0.5, 0.6) is 0 Å². The van der Waals surface area contributed by atoms with Crippen LogP contribution in [0.15, 0.2) is 47.4 Å². The van der Waals surface area contributed by atoms with Crippen LogP contribution in [0.25, 0.3) is 0 Å². The molecule has 0 fully saturated rings. The van der Waals surface area contributed by atoms with E-state index in [1.807, 2.05) is 12.1 Å².